The lowest BCUT2D eigenvalue weighted by molar-refractivity contribution is -0.141. The zero-order valence-corrected chi connectivity index (χ0v) is 9.71. The summed E-state index contributed by atoms with van der Waals surface area (Å²) in [5.41, 5.74) is -0.357. The molecule has 2 rings (SSSR count). The molecular weight excluding hydrogens is 260 g/mol. The number of halogens is 4. The van der Waals surface area contributed by atoms with Crippen molar-refractivity contribution in [1.82, 2.24) is 4.98 Å². The van der Waals surface area contributed by atoms with Gasteiger partial charge < -0.3 is 5.32 Å². The molecule has 2 nitrogen and oxygen atoms in total. The van der Waals surface area contributed by atoms with Crippen LogP contribution in [0.5, 0.6) is 0 Å². The number of hydrogen-bond donors (Lipinski definition) is 1. The fraction of sp³-hybridized carbons (Fsp3) is 0.154. The van der Waals surface area contributed by atoms with E-state index in [0.717, 1.165) is 12.3 Å². The van der Waals surface area contributed by atoms with Crippen LogP contribution in [0, 0.1) is 5.82 Å². The van der Waals surface area contributed by atoms with Crippen molar-refractivity contribution in [2.75, 3.05) is 5.32 Å². The van der Waals surface area contributed by atoms with E-state index < -0.39 is 17.7 Å². The molecule has 0 atom stereocenters. The highest BCUT2D eigenvalue weighted by atomic mass is 19.4. The summed E-state index contributed by atoms with van der Waals surface area (Å²) in [4.78, 5) is 3.24. The lowest BCUT2D eigenvalue weighted by atomic mass is 10.2. The maximum absolute atomic E-state index is 13.3. The van der Waals surface area contributed by atoms with E-state index in [1.807, 2.05) is 0 Å². The van der Waals surface area contributed by atoms with Crippen LogP contribution in [-0.4, -0.2) is 4.98 Å². The predicted molar refractivity (Wildman–Crippen MR) is 63.0 cm³/mol. The maximum atomic E-state index is 13.3. The van der Waals surface area contributed by atoms with Gasteiger partial charge in [-0.15, -0.1) is 0 Å². The molecule has 1 N–H and O–H groups in total. The third-order valence-corrected chi connectivity index (χ3v) is 2.49. The van der Waals surface area contributed by atoms with E-state index in [-0.39, 0.29) is 12.2 Å². The Balaban J connectivity index is 2.10. The van der Waals surface area contributed by atoms with Gasteiger partial charge in [0.05, 0.1) is 0 Å². The molecule has 2 aromatic rings. The van der Waals surface area contributed by atoms with Crippen molar-refractivity contribution in [1.29, 1.82) is 0 Å². The normalized spacial score (nSPS) is 11.4. The second-order valence-electron chi connectivity index (χ2n) is 3.87. The summed E-state index contributed by atoms with van der Waals surface area (Å²) >= 11 is 0. The molecule has 1 heterocycles. The van der Waals surface area contributed by atoms with Gasteiger partial charge >= 0.3 is 6.18 Å². The van der Waals surface area contributed by atoms with Crippen LogP contribution in [0.4, 0.5) is 23.2 Å². The van der Waals surface area contributed by atoms with Crippen molar-refractivity contribution >= 4 is 5.69 Å². The van der Waals surface area contributed by atoms with E-state index in [1.165, 1.54) is 12.1 Å². The summed E-state index contributed by atoms with van der Waals surface area (Å²) in [7, 11) is 0. The maximum Gasteiger partial charge on any atom is 0.433 e. The number of rotatable bonds is 3. The first-order valence-electron chi connectivity index (χ1n) is 5.47. The molecule has 0 fully saturated rings. The van der Waals surface area contributed by atoms with Crippen LogP contribution in [0.15, 0.2) is 42.6 Å². The third-order valence-electron chi connectivity index (χ3n) is 2.49. The monoisotopic (exact) mass is 270 g/mol. The van der Waals surface area contributed by atoms with E-state index in [9.17, 15) is 17.6 Å². The van der Waals surface area contributed by atoms with Gasteiger partial charge in [-0.25, -0.2) is 4.39 Å². The predicted octanol–water partition coefficient (Wildman–Crippen LogP) is 3.85. The molecule has 0 aliphatic carbocycles. The van der Waals surface area contributed by atoms with Crippen LogP contribution in [0.1, 0.15) is 11.3 Å². The molecule has 0 amide bonds. The van der Waals surface area contributed by atoms with Crippen LogP contribution in [0.25, 0.3) is 0 Å². The van der Waals surface area contributed by atoms with Crippen LogP contribution >= 0.6 is 0 Å². The second-order valence-corrected chi connectivity index (χ2v) is 3.87. The molecule has 19 heavy (non-hydrogen) atoms. The summed E-state index contributed by atoms with van der Waals surface area (Å²) < 4.78 is 50.7. The van der Waals surface area contributed by atoms with Crippen molar-refractivity contribution in [2.45, 2.75) is 12.7 Å². The molecule has 0 saturated heterocycles. The van der Waals surface area contributed by atoms with Gasteiger partial charge in [0, 0.05) is 24.0 Å². The van der Waals surface area contributed by atoms with Gasteiger partial charge in [0.2, 0.25) is 0 Å². The minimum absolute atomic E-state index is 0.105. The average molecular weight is 270 g/mol. The fourth-order valence-electron chi connectivity index (χ4n) is 1.53. The standard InChI is InChI=1S/C13H10F4N2/c14-11-4-2-1-3-9(11)8-19-10-5-6-18-12(7-10)13(15,16)17/h1-7H,8H2,(H,18,19). The van der Waals surface area contributed by atoms with E-state index in [4.69, 9.17) is 0 Å². The van der Waals surface area contributed by atoms with Crippen molar-refractivity contribution in [3.63, 3.8) is 0 Å². The minimum atomic E-state index is -4.49. The summed E-state index contributed by atoms with van der Waals surface area (Å²) in [6, 6.07) is 8.36. The first-order valence-corrected chi connectivity index (χ1v) is 5.47. The van der Waals surface area contributed by atoms with Gasteiger partial charge in [-0.05, 0) is 18.2 Å². The van der Waals surface area contributed by atoms with Gasteiger partial charge in [-0.3, -0.25) is 4.98 Å². The topological polar surface area (TPSA) is 24.9 Å². The molecule has 0 radical (unpaired) electrons. The van der Waals surface area contributed by atoms with E-state index in [2.05, 4.69) is 10.3 Å². The third kappa shape index (κ3) is 3.43. The van der Waals surface area contributed by atoms with Gasteiger partial charge in [0.1, 0.15) is 11.5 Å². The van der Waals surface area contributed by atoms with Crippen molar-refractivity contribution in [2.24, 2.45) is 0 Å². The number of hydrogen-bond acceptors (Lipinski definition) is 2. The number of nitrogens with zero attached hydrogens (tertiary/aromatic N) is 1. The summed E-state index contributed by atoms with van der Waals surface area (Å²) in [6.07, 6.45) is -3.43. The van der Waals surface area contributed by atoms with Gasteiger partial charge in [0.25, 0.3) is 0 Å². The number of aromatic nitrogens is 1. The van der Waals surface area contributed by atoms with E-state index in [1.54, 1.807) is 18.2 Å². The Morgan fingerprint density at radius 3 is 2.53 bits per heavy atom. The first-order chi connectivity index (χ1) is 8.97. The Hall–Kier alpha value is -2.11. The van der Waals surface area contributed by atoms with E-state index >= 15 is 0 Å². The Morgan fingerprint density at radius 2 is 1.84 bits per heavy atom. The molecular formula is C13H10F4N2. The fourth-order valence-corrected chi connectivity index (χ4v) is 1.53. The second kappa shape index (κ2) is 5.26. The first kappa shape index (κ1) is 13.3. The van der Waals surface area contributed by atoms with E-state index in [0.29, 0.717) is 5.56 Å². The molecule has 0 aliphatic heterocycles. The lowest BCUT2D eigenvalue weighted by Gasteiger charge is -2.10. The number of nitrogens with one attached hydrogen (secondary N) is 1. The SMILES string of the molecule is Fc1ccccc1CNc1ccnc(C(F)(F)F)c1. The highest BCUT2D eigenvalue weighted by Crippen LogP contribution is 2.28. The van der Waals surface area contributed by atoms with Crippen LogP contribution in [0.3, 0.4) is 0 Å². The van der Waals surface area contributed by atoms with Crippen molar-refractivity contribution in [3.8, 4) is 0 Å². The minimum Gasteiger partial charge on any atom is -0.381 e. The number of alkyl halides is 3. The zero-order chi connectivity index (χ0) is 13.9. The Morgan fingerprint density at radius 1 is 1.11 bits per heavy atom. The molecule has 0 bridgehead atoms. The van der Waals surface area contributed by atoms with Crippen LogP contribution in [-0.2, 0) is 12.7 Å². The highest BCUT2D eigenvalue weighted by Gasteiger charge is 2.32. The molecule has 6 heteroatoms. The zero-order valence-electron chi connectivity index (χ0n) is 9.71. The highest BCUT2D eigenvalue weighted by molar-refractivity contribution is 5.44. The van der Waals surface area contributed by atoms with Crippen molar-refractivity contribution < 1.29 is 17.6 Å². The molecule has 100 valence electrons. The molecule has 0 saturated carbocycles. The lowest BCUT2D eigenvalue weighted by Crippen LogP contribution is -2.09. The average Bonchev–Trinajstić information content (AvgIpc) is 2.37. The van der Waals surface area contributed by atoms with Gasteiger partial charge in [-0.2, -0.15) is 13.2 Å². The van der Waals surface area contributed by atoms with Crippen LogP contribution in [0.2, 0.25) is 0 Å². The van der Waals surface area contributed by atoms with Crippen molar-refractivity contribution in [3.05, 3.63) is 59.7 Å². The molecule has 0 aliphatic rings. The molecule has 1 aromatic carbocycles. The Kier molecular flexibility index (Phi) is 3.69. The molecule has 0 spiro atoms. The largest absolute Gasteiger partial charge is 0.433 e. The number of anilines is 1. The Bertz CT molecular complexity index is 567. The number of pyridine rings is 1. The summed E-state index contributed by atoms with van der Waals surface area (Å²) in [6.45, 7) is 0.105. The molecule has 0 unspecified atom stereocenters. The van der Waals surface area contributed by atoms with Crippen LogP contribution < -0.4 is 5.32 Å². The summed E-state index contributed by atoms with van der Waals surface area (Å²) in [5.74, 6) is -0.403. The quantitative estimate of drug-likeness (QED) is 0.857. The van der Waals surface area contributed by atoms with Gasteiger partial charge in [0.15, 0.2) is 0 Å². The Labute approximate surface area is 107 Å². The number of benzene rings is 1. The smallest absolute Gasteiger partial charge is 0.381 e. The summed E-state index contributed by atoms with van der Waals surface area (Å²) in [5, 5.41) is 2.73. The molecule has 1 aromatic heterocycles. The van der Waals surface area contributed by atoms with Gasteiger partial charge in [-0.1, -0.05) is 18.2 Å².